The minimum atomic E-state index is -1.45. The molecule has 1 aliphatic heterocycles. The molecule has 0 saturated carbocycles. The Kier molecular flexibility index (Phi) is 6.92. The highest BCUT2D eigenvalue weighted by atomic mass is 79.9. The maximum Gasteiger partial charge on any atom is 0.328 e. The summed E-state index contributed by atoms with van der Waals surface area (Å²) in [7, 11) is 1.26. The van der Waals surface area contributed by atoms with Crippen LogP contribution < -0.4 is 0 Å². The lowest BCUT2D eigenvalue weighted by molar-refractivity contribution is -0.158. The molecule has 1 aromatic carbocycles. The summed E-state index contributed by atoms with van der Waals surface area (Å²) in [5, 5.41) is 9.38. The standard InChI is InChI=1S/C20H21BrN2O4/c1-4-12(2)17(20(26)27-3)23-11-14(18(24)16(10-22)19(23)25)9-13-5-7-15(21)8-6-13/h5-9,12,16-17H,4,11H2,1-3H3. The Labute approximate surface area is 166 Å². The third-order valence-electron chi connectivity index (χ3n) is 4.75. The van der Waals surface area contributed by atoms with Crippen LogP contribution in [0.4, 0.5) is 0 Å². The molecule has 3 atom stereocenters. The number of ether oxygens (including phenoxy) is 1. The number of likely N-dealkylation sites (tertiary alicyclic amines) is 1. The fraction of sp³-hybridized carbons (Fsp3) is 0.400. The van der Waals surface area contributed by atoms with E-state index in [0.29, 0.717) is 12.0 Å². The van der Waals surface area contributed by atoms with Crippen molar-refractivity contribution < 1.29 is 19.1 Å². The SMILES string of the molecule is CCC(C)C(C(=O)OC)N1CC(=Cc2ccc(Br)cc2)C(=O)C(C#N)C1=O. The van der Waals surface area contributed by atoms with Gasteiger partial charge in [0.05, 0.1) is 19.7 Å². The molecule has 0 bridgehead atoms. The number of hydrogen-bond acceptors (Lipinski definition) is 5. The fourth-order valence-electron chi connectivity index (χ4n) is 3.04. The predicted octanol–water partition coefficient (Wildman–Crippen LogP) is 2.97. The van der Waals surface area contributed by atoms with Gasteiger partial charge in [0.2, 0.25) is 5.91 Å². The van der Waals surface area contributed by atoms with E-state index in [-0.39, 0.29) is 12.5 Å². The second-order valence-corrected chi connectivity index (χ2v) is 7.38. The van der Waals surface area contributed by atoms with Crippen LogP contribution in [-0.2, 0) is 19.1 Å². The molecule has 7 heteroatoms. The Morgan fingerprint density at radius 1 is 1.41 bits per heavy atom. The number of Topliss-reactive ketones (excluding diaryl/α,β-unsaturated/α-hetero) is 1. The lowest BCUT2D eigenvalue weighted by Crippen LogP contribution is -2.56. The molecule has 1 aliphatic rings. The number of halogens is 1. The molecule has 1 aromatic rings. The lowest BCUT2D eigenvalue weighted by atomic mass is 9.87. The number of ketones is 1. The van der Waals surface area contributed by atoms with E-state index in [1.165, 1.54) is 12.0 Å². The smallest absolute Gasteiger partial charge is 0.328 e. The van der Waals surface area contributed by atoms with Gasteiger partial charge in [-0.1, -0.05) is 48.3 Å². The number of esters is 1. The maximum absolute atomic E-state index is 12.7. The monoisotopic (exact) mass is 432 g/mol. The fourth-order valence-corrected chi connectivity index (χ4v) is 3.30. The molecule has 1 heterocycles. The molecule has 3 unspecified atom stereocenters. The predicted molar refractivity (Wildman–Crippen MR) is 103 cm³/mol. The Morgan fingerprint density at radius 2 is 2.04 bits per heavy atom. The van der Waals surface area contributed by atoms with Crippen LogP contribution in [0.2, 0.25) is 0 Å². The number of hydrogen-bond donors (Lipinski definition) is 0. The van der Waals surface area contributed by atoms with Gasteiger partial charge in [-0.05, 0) is 29.7 Å². The van der Waals surface area contributed by atoms with Crippen molar-refractivity contribution in [3.8, 4) is 6.07 Å². The van der Waals surface area contributed by atoms with Gasteiger partial charge in [-0.3, -0.25) is 9.59 Å². The average Bonchev–Trinajstić information content (AvgIpc) is 2.67. The van der Waals surface area contributed by atoms with Crippen molar-refractivity contribution in [2.75, 3.05) is 13.7 Å². The quantitative estimate of drug-likeness (QED) is 0.405. The zero-order chi connectivity index (χ0) is 20.1. The maximum atomic E-state index is 12.7. The van der Waals surface area contributed by atoms with Gasteiger partial charge in [-0.25, -0.2) is 4.79 Å². The summed E-state index contributed by atoms with van der Waals surface area (Å²) in [6, 6.07) is 8.25. The second kappa shape index (κ2) is 8.96. The summed E-state index contributed by atoms with van der Waals surface area (Å²) < 4.78 is 5.77. The molecule has 1 fully saturated rings. The van der Waals surface area contributed by atoms with Gasteiger partial charge >= 0.3 is 5.97 Å². The first-order valence-corrected chi connectivity index (χ1v) is 9.41. The number of methoxy groups -OCH3 is 1. The van der Waals surface area contributed by atoms with Crippen LogP contribution >= 0.6 is 15.9 Å². The van der Waals surface area contributed by atoms with Crippen molar-refractivity contribution >= 4 is 39.7 Å². The van der Waals surface area contributed by atoms with Crippen LogP contribution in [0.3, 0.4) is 0 Å². The number of carbonyl (C=O) groups is 3. The largest absolute Gasteiger partial charge is 0.467 e. The van der Waals surface area contributed by atoms with Gasteiger partial charge in [-0.2, -0.15) is 5.26 Å². The Morgan fingerprint density at radius 3 is 2.56 bits per heavy atom. The number of amides is 1. The third kappa shape index (κ3) is 4.45. The first kappa shape index (κ1) is 20.8. The zero-order valence-electron chi connectivity index (χ0n) is 15.4. The molecule has 1 saturated heterocycles. The first-order valence-electron chi connectivity index (χ1n) is 8.62. The summed E-state index contributed by atoms with van der Waals surface area (Å²) in [6.45, 7) is 3.71. The molecule has 1 amide bonds. The van der Waals surface area contributed by atoms with E-state index in [4.69, 9.17) is 4.74 Å². The van der Waals surface area contributed by atoms with Crippen LogP contribution in [0, 0.1) is 23.2 Å². The molecule has 0 aliphatic carbocycles. The number of nitriles is 1. The topological polar surface area (TPSA) is 87.5 Å². The van der Waals surface area contributed by atoms with Crippen LogP contribution in [0.15, 0.2) is 34.3 Å². The summed E-state index contributed by atoms with van der Waals surface area (Å²) in [6.07, 6.45) is 2.30. The van der Waals surface area contributed by atoms with Gasteiger partial charge in [0.15, 0.2) is 11.7 Å². The van der Waals surface area contributed by atoms with E-state index < -0.39 is 29.6 Å². The van der Waals surface area contributed by atoms with E-state index >= 15 is 0 Å². The minimum absolute atomic E-state index is 0.0317. The molecular weight excluding hydrogens is 412 g/mol. The molecule has 142 valence electrons. The number of carbonyl (C=O) groups excluding carboxylic acids is 3. The van der Waals surface area contributed by atoms with Gasteiger partial charge in [-0.15, -0.1) is 0 Å². The zero-order valence-corrected chi connectivity index (χ0v) is 17.0. The highest BCUT2D eigenvalue weighted by molar-refractivity contribution is 9.10. The Bertz CT molecular complexity index is 810. The van der Waals surface area contributed by atoms with Gasteiger partial charge in [0.1, 0.15) is 6.04 Å². The van der Waals surface area contributed by atoms with Crippen molar-refractivity contribution in [3.63, 3.8) is 0 Å². The van der Waals surface area contributed by atoms with Crippen molar-refractivity contribution in [1.82, 2.24) is 4.90 Å². The summed E-state index contributed by atoms with van der Waals surface area (Å²) in [4.78, 5) is 39.0. The van der Waals surface area contributed by atoms with Crippen LogP contribution in [0.5, 0.6) is 0 Å². The number of nitrogens with zero attached hydrogens (tertiary/aromatic N) is 2. The highest BCUT2D eigenvalue weighted by Gasteiger charge is 2.45. The molecule has 6 nitrogen and oxygen atoms in total. The molecule has 0 radical (unpaired) electrons. The first-order chi connectivity index (χ1) is 12.8. The van der Waals surface area contributed by atoms with E-state index in [2.05, 4.69) is 15.9 Å². The normalized spacial score (nSPS) is 20.9. The Balaban J connectivity index is 2.47. The van der Waals surface area contributed by atoms with Gasteiger partial charge < -0.3 is 9.64 Å². The summed E-state index contributed by atoms with van der Waals surface area (Å²) in [5.41, 5.74) is 1.09. The Hall–Kier alpha value is -2.46. The third-order valence-corrected chi connectivity index (χ3v) is 5.28. The average molecular weight is 433 g/mol. The molecule has 0 spiro atoms. The van der Waals surface area contributed by atoms with Crippen molar-refractivity contribution in [3.05, 3.63) is 39.9 Å². The van der Waals surface area contributed by atoms with Gasteiger partial charge in [0.25, 0.3) is 0 Å². The summed E-state index contributed by atoms with van der Waals surface area (Å²) in [5.74, 6) is -3.34. The lowest BCUT2D eigenvalue weighted by Gasteiger charge is -2.37. The van der Waals surface area contributed by atoms with E-state index in [0.717, 1.165) is 10.0 Å². The van der Waals surface area contributed by atoms with E-state index in [9.17, 15) is 19.6 Å². The molecule has 27 heavy (non-hydrogen) atoms. The van der Waals surface area contributed by atoms with Crippen LogP contribution in [0.1, 0.15) is 25.8 Å². The van der Waals surface area contributed by atoms with E-state index in [1.807, 2.05) is 38.1 Å². The van der Waals surface area contributed by atoms with Crippen molar-refractivity contribution in [2.24, 2.45) is 11.8 Å². The summed E-state index contributed by atoms with van der Waals surface area (Å²) >= 11 is 3.35. The van der Waals surface area contributed by atoms with Crippen molar-refractivity contribution in [2.45, 2.75) is 26.3 Å². The highest BCUT2D eigenvalue weighted by Crippen LogP contribution is 2.27. The van der Waals surface area contributed by atoms with Crippen molar-refractivity contribution in [1.29, 1.82) is 5.26 Å². The van der Waals surface area contributed by atoms with Crippen LogP contribution in [-0.4, -0.2) is 42.3 Å². The second-order valence-electron chi connectivity index (χ2n) is 6.47. The van der Waals surface area contributed by atoms with Crippen LogP contribution in [0.25, 0.3) is 6.08 Å². The molecular formula is C20H21BrN2O4. The van der Waals surface area contributed by atoms with Gasteiger partial charge in [0, 0.05) is 10.0 Å². The molecule has 0 aromatic heterocycles. The number of piperidine rings is 1. The van der Waals surface area contributed by atoms with E-state index in [1.54, 1.807) is 12.1 Å². The molecule has 2 rings (SSSR count). The number of rotatable bonds is 5. The molecule has 0 N–H and O–H groups in total. The number of benzene rings is 1. The minimum Gasteiger partial charge on any atom is -0.467 e.